The van der Waals surface area contributed by atoms with Crippen LogP contribution in [0.15, 0.2) is 48.1 Å². The Morgan fingerprint density at radius 1 is 1.25 bits per heavy atom. The molecule has 0 heterocycles. The highest BCUT2D eigenvalue weighted by atomic mass is 14.0. The molecule has 0 aromatic rings. The van der Waals surface area contributed by atoms with Crippen LogP contribution in [-0.2, 0) is 0 Å². The molecule has 12 heavy (non-hydrogen) atoms. The smallest absolute Gasteiger partial charge is 0.0236 e. The van der Waals surface area contributed by atoms with Gasteiger partial charge in [0.2, 0.25) is 0 Å². The van der Waals surface area contributed by atoms with Gasteiger partial charge in [-0.3, -0.25) is 0 Å². The van der Waals surface area contributed by atoms with Crippen LogP contribution in [-0.4, -0.2) is 0 Å². The lowest BCUT2D eigenvalue weighted by molar-refractivity contribution is 1.13. The molecule has 66 valence electrons. The zero-order valence-electron chi connectivity index (χ0n) is 8.35. The Bertz CT molecular complexity index is 222. The Morgan fingerprint density at radius 3 is 2.17 bits per heavy atom. The summed E-state index contributed by atoms with van der Waals surface area (Å²) in [6.45, 7) is 14.0. The normalized spacial score (nSPS) is 10.8. The second-order valence-electron chi connectivity index (χ2n) is 3.03. The summed E-state index contributed by atoms with van der Waals surface area (Å²) in [6.07, 6.45) is 6.98. The lowest BCUT2D eigenvalue weighted by atomic mass is 10.0. The first-order chi connectivity index (χ1) is 5.61. The Morgan fingerprint density at radius 2 is 1.83 bits per heavy atom. The molecule has 0 atom stereocenters. The van der Waals surface area contributed by atoms with Crippen LogP contribution in [0.2, 0.25) is 0 Å². The highest BCUT2D eigenvalue weighted by molar-refractivity contribution is 5.39. The minimum atomic E-state index is 0.981. The van der Waals surface area contributed by atoms with E-state index in [0.717, 1.165) is 17.6 Å². The van der Waals surface area contributed by atoms with Crippen LogP contribution in [0.25, 0.3) is 0 Å². The van der Waals surface area contributed by atoms with Crippen LogP contribution in [0.5, 0.6) is 0 Å². The largest absolute Gasteiger partial charge is 0.0985 e. The standard InChI is InChI=1S/C12H18/c1-6-11(5)12(7-2)9-8-10(3)4/h7-9H,2,5-6H2,1,3-4H3/b12-9+. The van der Waals surface area contributed by atoms with E-state index in [1.54, 1.807) is 0 Å². The molecule has 0 saturated carbocycles. The van der Waals surface area contributed by atoms with Gasteiger partial charge >= 0.3 is 0 Å². The van der Waals surface area contributed by atoms with Crippen LogP contribution in [0.1, 0.15) is 27.2 Å². The molecule has 0 saturated heterocycles. The predicted molar refractivity (Wildman–Crippen MR) is 57.1 cm³/mol. The topological polar surface area (TPSA) is 0 Å². The maximum Gasteiger partial charge on any atom is -0.0236 e. The molecule has 0 radical (unpaired) electrons. The van der Waals surface area contributed by atoms with Gasteiger partial charge in [0, 0.05) is 0 Å². The molecule has 0 nitrogen and oxygen atoms in total. The summed E-state index contributed by atoms with van der Waals surface area (Å²) in [5.41, 5.74) is 3.57. The van der Waals surface area contributed by atoms with Crippen LogP contribution in [0, 0.1) is 0 Å². The van der Waals surface area contributed by atoms with Gasteiger partial charge in [0.1, 0.15) is 0 Å². The zero-order chi connectivity index (χ0) is 9.56. The highest BCUT2D eigenvalue weighted by Gasteiger charge is 1.92. The van der Waals surface area contributed by atoms with Gasteiger partial charge in [-0.15, -0.1) is 0 Å². The summed E-state index contributed by atoms with van der Waals surface area (Å²) in [5.74, 6) is 0. The van der Waals surface area contributed by atoms with Crippen LogP contribution < -0.4 is 0 Å². The van der Waals surface area contributed by atoms with E-state index in [1.807, 2.05) is 6.08 Å². The molecule has 0 rings (SSSR count). The van der Waals surface area contributed by atoms with Crippen molar-refractivity contribution in [2.24, 2.45) is 0 Å². The van der Waals surface area contributed by atoms with E-state index in [9.17, 15) is 0 Å². The summed E-state index contributed by atoms with van der Waals surface area (Å²) >= 11 is 0. The Balaban J connectivity index is 4.55. The number of hydrogen-bond acceptors (Lipinski definition) is 0. The van der Waals surface area contributed by atoms with Crippen molar-refractivity contribution in [1.82, 2.24) is 0 Å². The van der Waals surface area contributed by atoms with Crippen molar-refractivity contribution in [1.29, 1.82) is 0 Å². The van der Waals surface area contributed by atoms with Gasteiger partial charge in [0.05, 0.1) is 0 Å². The number of allylic oxidation sites excluding steroid dienone is 6. The summed E-state index contributed by atoms with van der Waals surface area (Å²) < 4.78 is 0. The van der Waals surface area contributed by atoms with Gasteiger partial charge in [-0.2, -0.15) is 0 Å². The lowest BCUT2D eigenvalue weighted by Crippen LogP contribution is -1.81. The molecule has 0 fully saturated rings. The Hall–Kier alpha value is -1.04. The number of rotatable bonds is 4. The van der Waals surface area contributed by atoms with Crippen LogP contribution in [0.3, 0.4) is 0 Å². The van der Waals surface area contributed by atoms with Gasteiger partial charge in [0.15, 0.2) is 0 Å². The predicted octanol–water partition coefficient (Wildman–Crippen LogP) is 4.03. The molecule has 0 amide bonds. The molecule has 0 aromatic carbocycles. The van der Waals surface area contributed by atoms with Crippen LogP contribution >= 0.6 is 0 Å². The first-order valence-corrected chi connectivity index (χ1v) is 4.27. The Kier molecular flexibility index (Phi) is 5.11. The third-order valence-electron chi connectivity index (χ3n) is 1.65. The first kappa shape index (κ1) is 11.0. The minimum Gasteiger partial charge on any atom is -0.0985 e. The van der Waals surface area contributed by atoms with Crippen molar-refractivity contribution < 1.29 is 0 Å². The third-order valence-corrected chi connectivity index (χ3v) is 1.65. The van der Waals surface area contributed by atoms with E-state index in [1.165, 1.54) is 5.57 Å². The summed E-state index contributed by atoms with van der Waals surface area (Å²) in [4.78, 5) is 0. The fourth-order valence-electron chi connectivity index (χ4n) is 0.791. The number of hydrogen-bond donors (Lipinski definition) is 0. The first-order valence-electron chi connectivity index (χ1n) is 4.27. The minimum absolute atomic E-state index is 0.981. The molecular formula is C12H18. The summed E-state index contributed by atoms with van der Waals surface area (Å²) in [5, 5.41) is 0. The fourth-order valence-corrected chi connectivity index (χ4v) is 0.791. The SMILES string of the molecule is C=C/C(=C\C=C(C)C)C(=C)CC. The van der Waals surface area contributed by atoms with Gasteiger partial charge in [-0.25, -0.2) is 0 Å². The van der Waals surface area contributed by atoms with E-state index >= 15 is 0 Å². The Labute approximate surface area is 76.0 Å². The molecule has 0 aliphatic heterocycles. The van der Waals surface area contributed by atoms with Crippen molar-refractivity contribution in [3.05, 3.63) is 48.1 Å². The molecule has 0 aromatic heterocycles. The molecule has 0 N–H and O–H groups in total. The van der Waals surface area contributed by atoms with E-state index < -0.39 is 0 Å². The maximum absolute atomic E-state index is 3.95. The fraction of sp³-hybridized carbons (Fsp3) is 0.333. The van der Waals surface area contributed by atoms with Crippen molar-refractivity contribution in [3.8, 4) is 0 Å². The van der Waals surface area contributed by atoms with Crippen LogP contribution in [0.4, 0.5) is 0 Å². The van der Waals surface area contributed by atoms with Gasteiger partial charge < -0.3 is 0 Å². The average Bonchev–Trinajstić information content (AvgIpc) is 2.04. The molecular weight excluding hydrogens is 144 g/mol. The second-order valence-corrected chi connectivity index (χ2v) is 3.03. The molecule has 0 aliphatic rings. The monoisotopic (exact) mass is 162 g/mol. The highest BCUT2D eigenvalue weighted by Crippen LogP contribution is 2.12. The molecule has 0 unspecified atom stereocenters. The van der Waals surface area contributed by atoms with Gasteiger partial charge in [-0.1, -0.05) is 43.9 Å². The summed E-state index contributed by atoms with van der Waals surface area (Å²) in [7, 11) is 0. The van der Waals surface area contributed by atoms with Crippen molar-refractivity contribution in [3.63, 3.8) is 0 Å². The van der Waals surface area contributed by atoms with Crippen molar-refractivity contribution in [2.75, 3.05) is 0 Å². The molecule has 0 spiro atoms. The average molecular weight is 162 g/mol. The van der Waals surface area contributed by atoms with E-state index in [0.29, 0.717) is 0 Å². The molecule has 0 aliphatic carbocycles. The maximum atomic E-state index is 3.95. The molecule has 0 bridgehead atoms. The quantitative estimate of drug-likeness (QED) is 0.547. The van der Waals surface area contributed by atoms with Gasteiger partial charge in [0.25, 0.3) is 0 Å². The lowest BCUT2D eigenvalue weighted by Gasteiger charge is -2.01. The van der Waals surface area contributed by atoms with Gasteiger partial charge in [-0.05, 0) is 31.4 Å². The zero-order valence-corrected chi connectivity index (χ0v) is 8.35. The van der Waals surface area contributed by atoms with Crippen molar-refractivity contribution in [2.45, 2.75) is 27.2 Å². The van der Waals surface area contributed by atoms with E-state index in [4.69, 9.17) is 0 Å². The second kappa shape index (κ2) is 5.59. The van der Waals surface area contributed by atoms with E-state index in [2.05, 4.69) is 46.1 Å². The van der Waals surface area contributed by atoms with Crippen molar-refractivity contribution >= 4 is 0 Å². The summed E-state index contributed by atoms with van der Waals surface area (Å²) in [6, 6.07) is 0. The molecule has 0 heteroatoms. The third kappa shape index (κ3) is 3.97. The van der Waals surface area contributed by atoms with E-state index in [-0.39, 0.29) is 0 Å².